The Hall–Kier alpha value is -0.580. The zero-order valence-electron chi connectivity index (χ0n) is 12.1. The van der Waals surface area contributed by atoms with E-state index in [4.69, 9.17) is 4.74 Å². The van der Waals surface area contributed by atoms with Crippen molar-refractivity contribution in [2.45, 2.75) is 43.3 Å². The Kier molecular flexibility index (Phi) is 3.32. The molecule has 114 valence electrons. The zero-order chi connectivity index (χ0) is 14.5. The average molecular weight is 308 g/mol. The molecule has 1 spiro atoms. The van der Waals surface area contributed by atoms with Crippen molar-refractivity contribution >= 4 is 11.8 Å². The van der Waals surface area contributed by atoms with Crippen molar-refractivity contribution in [3.8, 4) is 0 Å². The first-order chi connectivity index (χ1) is 10.1. The molecule has 2 aliphatic heterocycles. The Morgan fingerprint density at radius 3 is 3.05 bits per heavy atom. The van der Waals surface area contributed by atoms with Crippen molar-refractivity contribution in [3.63, 3.8) is 0 Å². The van der Waals surface area contributed by atoms with Crippen LogP contribution in [0.25, 0.3) is 0 Å². The minimum absolute atomic E-state index is 0.0217. The van der Waals surface area contributed by atoms with Gasteiger partial charge >= 0.3 is 0 Å². The van der Waals surface area contributed by atoms with Gasteiger partial charge in [-0.1, -0.05) is 6.07 Å². The van der Waals surface area contributed by atoms with Gasteiger partial charge in [-0.2, -0.15) is 11.8 Å². The van der Waals surface area contributed by atoms with Gasteiger partial charge < -0.3 is 9.84 Å². The number of hydrogen-bond acceptors (Lipinski definition) is 3. The van der Waals surface area contributed by atoms with Crippen LogP contribution in [0.3, 0.4) is 0 Å². The first-order valence-electron chi connectivity index (χ1n) is 7.84. The molecule has 0 radical (unpaired) electrons. The molecule has 4 heteroatoms. The molecule has 2 fully saturated rings. The number of fused-ring (bicyclic) bond motifs is 1. The first kappa shape index (κ1) is 14.0. The molecule has 1 aliphatic carbocycles. The van der Waals surface area contributed by atoms with Gasteiger partial charge in [0.1, 0.15) is 5.82 Å². The van der Waals surface area contributed by atoms with E-state index in [1.165, 1.54) is 6.07 Å². The van der Waals surface area contributed by atoms with Crippen molar-refractivity contribution in [1.82, 2.24) is 0 Å². The highest BCUT2D eigenvalue weighted by Gasteiger charge is 2.50. The van der Waals surface area contributed by atoms with E-state index in [0.29, 0.717) is 0 Å². The van der Waals surface area contributed by atoms with Crippen LogP contribution in [0.1, 0.15) is 36.8 Å². The highest BCUT2D eigenvalue weighted by atomic mass is 32.2. The summed E-state index contributed by atoms with van der Waals surface area (Å²) in [7, 11) is 0. The Morgan fingerprint density at radius 2 is 2.24 bits per heavy atom. The van der Waals surface area contributed by atoms with Crippen LogP contribution in [0.2, 0.25) is 0 Å². The van der Waals surface area contributed by atoms with Crippen molar-refractivity contribution in [2.24, 2.45) is 5.92 Å². The lowest BCUT2D eigenvalue weighted by Gasteiger charge is -2.44. The summed E-state index contributed by atoms with van der Waals surface area (Å²) in [5, 5.41) is 11.3. The molecule has 2 heterocycles. The third-order valence-corrected chi connectivity index (χ3v) is 6.77. The van der Waals surface area contributed by atoms with Crippen LogP contribution in [0, 0.1) is 11.7 Å². The summed E-state index contributed by atoms with van der Waals surface area (Å²) >= 11 is 1.95. The maximum Gasteiger partial charge on any atom is 0.123 e. The third kappa shape index (κ3) is 2.23. The molecular formula is C17H21FO2S. The summed E-state index contributed by atoms with van der Waals surface area (Å²) in [5.74, 6) is 2.24. The van der Waals surface area contributed by atoms with Gasteiger partial charge in [-0.3, -0.25) is 0 Å². The second kappa shape index (κ2) is 4.97. The zero-order valence-corrected chi connectivity index (χ0v) is 12.9. The van der Waals surface area contributed by atoms with Crippen molar-refractivity contribution in [1.29, 1.82) is 0 Å². The molecule has 1 aromatic rings. The van der Waals surface area contributed by atoms with Crippen LogP contribution >= 0.6 is 11.8 Å². The molecule has 3 aliphatic rings. The second-order valence-corrected chi connectivity index (χ2v) is 7.85. The maximum atomic E-state index is 13.4. The summed E-state index contributed by atoms with van der Waals surface area (Å²) in [6, 6.07) is 4.87. The van der Waals surface area contributed by atoms with Crippen LogP contribution in [-0.2, 0) is 16.8 Å². The highest BCUT2D eigenvalue weighted by molar-refractivity contribution is 7.99. The molecule has 2 saturated heterocycles. The quantitative estimate of drug-likeness (QED) is 0.863. The molecule has 3 atom stereocenters. The number of aryl methyl sites for hydroxylation is 1. The van der Waals surface area contributed by atoms with Crippen LogP contribution in [0.5, 0.6) is 0 Å². The molecule has 1 N–H and O–H groups in total. The number of hydrogen-bond donors (Lipinski definition) is 1. The SMILES string of the molecule is OC1(C2CCOC3(CCSC3)C2)CCc2cc(F)ccc21. The van der Waals surface area contributed by atoms with E-state index in [-0.39, 0.29) is 17.3 Å². The summed E-state index contributed by atoms with van der Waals surface area (Å²) in [6.45, 7) is 0.740. The lowest BCUT2D eigenvalue weighted by Crippen LogP contribution is -2.46. The van der Waals surface area contributed by atoms with E-state index >= 15 is 0 Å². The molecule has 4 rings (SSSR count). The summed E-state index contributed by atoms with van der Waals surface area (Å²) in [4.78, 5) is 0. The summed E-state index contributed by atoms with van der Waals surface area (Å²) in [5.41, 5.74) is 1.13. The molecule has 0 bridgehead atoms. The van der Waals surface area contributed by atoms with Gasteiger partial charge in [0.2, 0.25) is 0 Å². The van der Waals surface area contributed by atoms with Crippen LogP contribution < -0.4 is 0 Å². The Labute approximate surface area is 129 Å². The molecule has 0 aromatic heterocycles. The predicted octanol–water partition coefficient (Wildman–Crippen LogP) is 3.26. The standard InChI is InChI=1S/C17H21FO2S/c18-14-1-2-15-12(9-14)3-5-17(15,19)13-4-7-20-16(10-13)6-8-21-11-16/h1-2,9,13,19H,3-8,10-11H2. The van der Waals surface area contributed by atoms with E-state index in [0.717, 1.165) is 61.3 Å². The fourth-order valence-corrected chi connectivity index (χ4v) is 5.75. The number of aliphatic hydroxyl groups is 1. The van der Waals surface area contributed by atoms with Crippen molar-refractivity contribution in [2.75, 3.05) is 18.1 Å². The topological polar surface area (TPSA) is 29.5 Å². The predicted molar refractivity (Wildman–Crippen MR) is 82.0 cm³/mol. The smallest absolute Gasteiger partial charge is 0.123 e. The fourth-order valence-electron chi connectivity index (χ4n) is 4.37. The van der Waals surface area contributed by atoms with Crippen LogP contribution in [0.15, 0.2) is 18.2 Å². The fraction of sp³-hybridized carbons (Fsp3) is 0.647. The van der Waals surface area contributed by atoms with Gasteiger partial charge in [-0.15, -0.1) is 0 Å². The minimum atomic E-state index is -0.785. The number of thioether (sulfide) groups is 1. The largest absolute Gasteiger partial charge is 0.385 e. The highest BCUT2D eigenvalue weighted by Crippen LogP contribution is 2.50. The number of rotatable bonds is 1. The van der Waals surface area contributed by atoms with Gasteiger partial charge in [0.15, 0.2) is 0 Å². The van der Waals surface area contributed by atoms with Crippen molar-refractivity contribution in [3.05, 3.63) is 35.1 Å². The second-order valence-electron chi connectivity index (χ2n) is 6.75. The number of benzene rings is 1. The minimum Gasteiger partial charge on any atom is -0.385 e. The van der Waals surface area contributed by atoms with Gasteiger partial charge in [0.05, 0.1) is 11.2 Å². The number of halogens is 1. The molecule has 0 saturated carbocycles. The molecule has 2 nitrogen and oxygen atoms in total. The monoisotopic (exact) mass is 308 g/mol. The molecular weight excluding hydrogens is 287 g/mol. The Bertz CT molecular complexity index is 556. The first-order valence-corrected chi connectivity index (χ1v) is 9.00. The summed E-state index contributed by atoms with van der Waals surface area (Å²) in [6.07, 6.45) is 4.44. The van der Waals surface area contributed by atoms with E-state index in [1.54, 1.807) is 12.1 Å². The lowest BCUT2D eigenvalue weighted by molar-refractivity contribution is -0.134. The molecule has 0 amide bonds. The average Bonchev–Trinajstić information content (AvgIpc) is 3.05. The molecule has 1 aromatic carbocycles. The van der Waals surface area contributed by atoms with Crippen LogP contribution in [0.4, 0.5) is 4.39 Å². The normalized spacial score (nSPS) is 38.9. The van der Waals surface area contributed by atoms with E-state index in [9.17, 15) is 9.50 Å². The Balaban J connectivity index is 1.64. The van der Waals surface area contributed by atoms with Crippen molar-refractivity contribution < 1.29 is 14.2 Å². The van der Waals surface area contributed by atoms with E-state index < -0.39 is 5.60 Å². The summed E-state index contributed by atoms with van der Waals surface area (Å²) < 4.78 is 19.5. The van der Waals surface area contributed by atoms with Gasteiger partial charge in [-0.05, 0) is 67.0 Å². The maximum absolute atomic E-state index is 13.4. The van der Waals surface area contributed by atoms with Gasteiger partial charge in [-0.25, -0.2) is 4.39 Å². The third-order valence-electron chi connectivity index (χ3n) is 5.54. The van der Waals surface area contributed by atoms with Gasteiger partial charge in [0.25, 0.3) is 0 Å². The molecule has 3 unspecified atom stereocenters. The molecule has 21 heavy (non-hydrogen) atoms. The van der Waals surface area contributed by atoms with E-state index in [2.05, 4.69) is 0 Å². The lowest BCUT2D eigenvalue weighted by atomic mass is 9.73. The van der Waals surface area contributed by atoms with Crippen LogP contribution in [-0.4, -0.2) is 28.8 Å². The van der Waals surface area contributed by atoms with Gasteiger partial charge in [0, 0.05) is 12.4 Å². The Morgan fingerprint density at radius 1 is 1.33 bits per heavy atom. The number of ether oxygens (including phenoxy) is 1. The van der Waals surface area contributed by atoms with E-state index in [1.807, 2.05) is 11.8 Å².